The summed E-state index contributed by atoms with van der Waals surface area (Å²) < 4.78 is 31.7. The predicted octanol–water partition coefficient (Wildman–Crippen LogP) is 4.71. The molecule has 1 atom stereocenters. The van der Waals surface area contributed by atoms with Crippen molar-refractivity contribution in [2.24, 2.45) is 0 Å². The molecule has 0 heterocycles. The summed E-state index contributed by atoms with van der Waals surface area (Å²) in [7, 11) is 0. The van der Waals surface area contributed by atoms with Crippen LogP contribution < -0.4 is 21.3 Å². The lowest BCUT2D eigenvalue weighted by Crippen LogP contribution is -2.39. The van der Waals surface area contributed by atoms with Gasteiger partial charge in [0.25, 0.3) is 0 Å². The van der Waals surface area contributed by atoms with Gasteiger partial charge < -0.3 is 31.5 Å². The average Bonchev–Trinajstić information content (AvgIpc) is 3.03. The van der Waals surface area contributed by atoms with Crippen LogP contribution in [0.5, 0.6) is 0 Å². The molecular formula is C33H37F3N4O7. The first-order valence-electron chi connectivity index (χ1n) is 14.5. The summed E-state index contributed by atoms with van der Waals surface area (Å²) in [6, 6.07) is 24.0. The SMILES string of the molecule is Cc1ccc(CNC(=O)NCCCCC(=O)NCC(=O)NC(CC(=O)O)c2ccc(-c3ccccc3)cc2)cc1.O=C(O)C(F)(F)F. The van der Waals surface area contributed by atoms with Crippen LogP contribution in [0.2, 0.25) is 0 Å². The molecule has 4 amide bonds. The first-order chi connectivity index (χ1) is 22.2. The van der Waals surface area contributed by atoms with Crippen LogP contribution in [-0.4, -0.2) is 59.3 Å². The van der Waals surface area contributed by atoms with Crippen molar-refractivity contribution in [1.82, 2.24) is 21.3 Å². The average molecular weight is 659 g/mol. The van der Waals surface area contributed by atoms with E-state index in [1.54, 1.807) is 12.1 Å². The number of nitrogens with one attached hydrogen (secondary N) is 4. The quantitative estimate of drug-likeness (QED) is 0.136. The number of aryl methyl sites for hydroxylation is 1. The highest BCUT2D eigenvalue weighted by Gasteiger charge is 2.38. The maximum absolute atomic E-state index is 12.5. The third-order valence-electron chi connectivity index (χ3n) is 6.51. The molecule has 3 rings (SSSR count). The van der Waals surface area contributed by atoms with Gasteiger partial charge in [0.15, 0.2) is 0 Å². The van der Waals surface area contributed by atoms with E-state index in [9.17, 15) is 37.5 Å². The Kier molecular flexibility index (Phi) is 15.4. The molecule has 14 heteroatoms. The zero-order chi connectivity index (χ0) is 34.8. The molecule has 0 saturated carbocycles. The minimum Gasteiger partial charge on any atom is -0.481 e. The molecule has 0 aliphatic carbocycles. The van der Waals surface area contributed by atoms with Crippen molar-refractivity contribution >= 4 is 29.8 Å². The number of urea groups is 1. The van der Waals surface area contributed by atoms with E-state index in [-0.39, 0.29) is 31.3 Å². The van der Waals surface area contributed by atoms with E-state index in [0.717, 1.165) is 22.3 Å². The summed E-state index contributed by atoms with van der Waals surface area (Å²) >= 11 is 0. The highest BCUT2D eigenvalue weighted by molar-refractivity contribution is 5.85. The van der Waals surface area contributed by atoms with Gasteiger partial charge in [-0.3, -0.25) is 14.4 Å². The fraction of sp³-hybridized carbons (Fsp3) is 0.303. The first kappa shape index (κ1) is 37.8. The van der Waals surface area contributed by atoms with Gasteiger partial charge in [-0.25, -0.2) is 9.59 Å². The highest BCUT2D eigenvalue weighted by atomic mass is 19.4. The van der Waals surface area contributed by atoms with E-state index in [0.29, 0.717) is 31.5 Å². The van der Waals surface area contributed by atoms with E-state index in [1.165, 1.54) is 0 Å². The zero-order valence-corrected chi connectivity index (χ0v) is 25.6. The number of alkyl halides is 3. The Balaban J connectivity index is 0.000000984. The lowest BCUT2D eigenvalue weighted by molar-refractivity contribution is -0.192. The van der Waals surface area contributed by atoms with Crippen LogP contribution in [0.25, 0.3) is 11.1 Å². The Bertz CT molecular complexity index is 1470. The minimum atomic E-state index is -5.08. The van der Waals surface area contributed by atoms with Crippen LogP contribution in [0.1, 0.15) is 48.4 Å². The lowest BCUT2D eigenvalue weighted by Gasteiger charge is -2.18. The number of aliphatic carboxylic acids is 2. The molecular weight excluding hydrogens is 621 g/mol. The number of halogens is 3. The van der Waals surface area contributed by atoms with Gasteiger partial charge in [0, 0.05) is 19.5 Å². The number of hydrogen-bond donors (Lipinski definition) is 6. The van der Waals surface area contributed by atoms with Crippen molar-refractivity contribution in [3.05, 3.63) is 95.6 Å². The molecule has 3 aromatic carbocycles. The van der Waals surface area contributed by atoms with Gasteiger partial charge in [-0.2, -0.15) is 13.2 Å². The normalized spacial score (nSPS) is 11.2. The van der Waals surface area contributed by atoms with Gasteiger partial charge in [-0.1, -0.05) is 84.4 Å². The van der Waals surface area contributed by atoms with Crippen LogP contribution in [0.15, 0.2) is 78.9 Å². The number of carboxylic acids is 2. The maximum Gasteiger partial charge on any atom is 0.490 e. The summed E-state index contributed by atoms with van der Waals surface area (Å²) in [4.78, 5) is 56.8. The fourth-order valence-corrected chi connectivity index (χ4v) is 4.04. The molecule has 3 aromatic rings. The van der Waals surface area contributed by atoms with E-state index in [4.69, 9.17) is 9.90 Å². The van der Waals surface area contributed by atoms with Gasteiger partial charge >= 0.3 is 24.1 Å². The summed E-state index contributed by atoms with van der Waals surface area (Å²) in [5, 5.41) is 27.3. The Morgan fingerprint density at radius 1 is 0.745 bits per heavy atom. The summed E-state index contributed by atoms with van der Waals surface area (Å²) in [5.41, 5.74) is 4.85. The topological polar surface area (TPSA) is 174 Å². The van der Waals surface area contributed by atoms with Crippen molar-refractivity contribution in [2.45, 2.75) is 51.4 Å². The molecule has 0 aliphatic heterocycles. The standard InChI is InChI=1S/C31H36N4O5.C2HF3O2/c1-22-10-12-23(13-11-22)20-34-31(40)32-18-6-5-9-28(36)33-21-29(37)35-27(19-30(38)39)26-16-14-25(15-17-26)24-7-3-2-4-8-24;3-2(4,5)1(6)7/h2-4,7-8,10-17,27H,5-6,9,18-21H2,1H3,(H,33,36)(H,35,37)(H,38,39)(H2,32,34,40);(H,6,7). The van der Waals surface area contributed by atoms with E-state index < -0.39 is 30.1 Å². The van der Waals surface area contributed by atoms with Crippen LogP contribution in [0.3, 0.4) is 0 Å². The molecule has 6 N–H and O–H groups in total. The fourth-order valence-electron chi connectivity index (χ4n) is 4.04. The molecule has 11 nitrogen and oxygen atoms in total. The van der Waals surface area contributed by atoms with E-state index >= 15 is 0 Å². The third kappa shape index (κ3) is 15.4. The number of carbonyl (C=O) groups is 5. The summed E-state index contributed by atoms with van der Waals surface area (Å²) in [5.74, 6) is -4.56. The van der Waals surface area contributed by atoms with Crippen LogP contribution in [0, 0.1) is 6.92 Å². The van der Waals surface area contributed by atoms with Gasteiger partial charge in [0.2, 0.25) is 11.8 Å². The maximum atomic E-state index is 12.5. The smallest absolute Gasteiger partial charge is 0.481 e. The number of hydrogen-bond acceptors (Lipinski definition) is 5. The molecule has 0 bridgehead atoms. The van der Waals surface area contributed by atoms with Crippen LogP contribution in [-0.2, 0) is 25.7 Å². The summed E-state index contributed by atoms with van der Waals surface area (Å²) in [6.07, 6.45) is -4.01. The molecule has 0 aromatic heterocycles. The molecule has 0 radical (unpaired) electrons. The Labute approximate surface area is 269 Å². The van der Waals surface area contributed by atoms with Gasteiger partial charge in [-0.05, 0) is 42.0 Å². The lowest BCUT2D eigenvalue weighted by atomic mass is 9.99. The summed E-state index contributed by atoms with van der Waals surface area (Å²) in [6.45, 7) is 2.61. The zero-order valence-electron chi connectivity index (χ0n) is 25.6. The number of unbranched alkanes of at least 4 members (excludes halogenated alkanes) is 1. The second-order valence-electron chi connectivity index (χ2n) is 10.3. The molecule has 0 spiro atoms. The van der Waals surface area contributed by atoms with Gasteiger partial charge in [0.05, 0.1) is 19.0 Å². The largest absolute Gasteiger partial charge is 0.490 e. The molecule has 252 valence electrons. The highest BCUT2D eigenvalue weighted by Crippen LogP contribution is 2.23. The number of carboxylic acid groups (broad SMARTS) is 2. The van der Waals surface area contributed by atoms with Crippen molar-refractivity contribution in [1.29, 1.82) is 0 Å². The molecule has 0 aliphatic rings. The second-order valence-corrected chi connectivity index (χ2v) is 10.3. The molecule has 1 unspecified atom stereocenters. The van der Waals surface area contributed by atoms with Crippen molar-refractivity contribution in [2.75, 3.05) is 13.1 Å². The van der Waals surface area contributed by atoms with E-state index in [1.807, 2.05) is 73.7 Å². The van der Waals surface area contributed by atoms with E-state index in [2.05, 4.69) is 21.3 Å². The Morgan fingerprint density at radius 2 is 1.34 bits per heavy atom. The minimum absolute atomic E-state index is 0.208. The van der Waals surface area contributed by atoms with Crippen molar-refractivity contribution in [3.63, 3.8) is 0 Å². The molecule has 47 heavy (non-hydrogen) atoms. The molecule has 0 fully saturated rings. The second kappa shape index (κ2) is 19.2. The van der Waals surface area contributed by atoms with Crippen LogP contribution >= 0.6 is 0 Å². The monoisotopic (exact) mass is 658 g/mol. The number of carbonyl (C=O) groups excluding carboxylic acids is 3. The third-order valence-corrected chi connectivity index (χ3v) is 6.51. The number of rotatable bonds is 14. The Hall–Kier alpha value is -5.40. The van der Waals surface area contributed by atoms with Crippen molar-refractivity contribution in [3.8, 4) is 11.1 Å². The van der Waals surface area contributed by atoms with Crippen LogP contribution in [0.4, 0.5) is 18.0 Å². The van der Waals surface area contributed by atoms with Gasteiger partial charge in [0.1, 0.15) is 0 Å². The number of benzene rings is 3. The number of amides is 4. The Morgan fingerprint density at radius 3 is 1.91 bits per heavy atom. The first-order valence-corrected chi connectivity index (χ1v) is 14.5. The predicted molar refractivity (Wildman–Crippen MR) is 167 cm³/mol. The molecule has 0 saturated heterocycles. The van der Waals surface area contributed by atoms with Crippen molar-refractivity contribution < 1.29 is 47.4 Å². The van der Waals surface area contributed by atoms with Gasteiger partial charge in [-0.15, -0.1) is 0 Å².